The van der Waals surface area contributed by atoms with E-state index < -0.39 is 0 Å². The maximum absolute atomic E-state index is 13.0. The molecule has 0 bridgehead atoms. The van der Waals surface area contributed by atoms with E-state index in [1.807, 2.05) is 30.3 Å². The number of carbonyl (C=O) groups excluding carboxylic acids is 1. The van der Waals surface area contributed by atoms with Crippen molar-refractivity contribution in [1.82, 2.24) is 14.9 Å². The van der Waals surface area contributed by atoms with E-state index in [1.165, 1.54) is 42.7 Å². The lowest BCUT2D eigenvalue weighted by atomic mass is 9.78. The quantitative estimate of drug-likeness (QED) is 0.418. The number of rotatable bonds is 6. The van der Waals surface area contributed by atoms with E-state index in [0.29, 0.717) is 16.8 Å². The van der Waals surface area contributed by atoms with E-state index in [-0.39, 0.29) is 5.78 Å². The Morgan fingerprint density at radius 1 is 1.13 bits per heavy atom. The number of fused-ring (bicyclic) bond motifs is 2. The molecule has 1 saturated carbocycles. The minimum atomic E-state index is 0.273. The maximum Gasteiger partial charge on any atom is 0.184 e. The van der Waals surface area contributed by atoms with E-state index >= 15 is 0 Å². The monoisotopic (exact) mass is 453 g/mol. The molecule has 0 saturated heterocycles. The van der Waals surface area contributed by atoms with Crippen molar-refractivity contribution in [2.45, 2.75) is 51.5 Å². The summed E-state index contributed by atoms with van der Waals surface area (Å²) in [6.45, 7) is 3.26. The smallest absolute Gasteiger partial charge is 0.184 e. The van der Waals surface area contributed by atoms with Gasteiger partial charge in [0.15, 0.2) is 10.3 Å². The highest BCUT2D eigenvalue weighted by Crippen LogP contribution is 2.35. The van der Waals surface area contributed by atoms with Crippen molar-refractivity contribution in [2.24, 2.45) is 11.8 Å². The predicted molar refractivity (Wildman–Crippen MR) is 127 cm³/mol. The molecule has 1 aliphatic heterocycles. The Balaban J connectivity index is 1.10. The Morgan fingerprint density at radius 2 is 1.97 bits per heavy atom. The zero-order valence-electron chi connectivity index (χ0n) is 17.7. The first-order chi connectivity index (χ1) is 15.2. The molecular weight excluding hydrogens is 426 g/mol. The van der Waals surface area contributed by atoms with Crippen molar-refractivity contribution in [1.29, 1.82) is 0 Å². The summed E-state index contributed by atoms with van der Waals surface area (Å²) in [5, 5.41) is 0.982. The van der Waals surface area contributed by atoms with Crippen LogP contribution in [0.3, 0.4) is 0 Å². The molecule has 3 heterocycles. The van der Waals surface area contributed by atoms with Gasteiger partial charge in [-0.15, -0.1) is 11.3 Å². The van der Waals surface area contributed by atoms with Gasteiger partial charge in [0, 0.05) is 48.0 Å². The second kappa shape index (κ2) is 9.35. The summed E-state index contributed by atoms with van der Waals surface area (Å²) in [6, 6.07) is 9.80. The van der Waals surface area contributed by atoms with Crippen LogP contribution in [0.15, 0.2) is 36.5 Å². The zero-order valence-corrected chi connectivity index (χ0v) is 19.3. The normalized spacial score (nSPS) is 21.8. The number of nitrogens with zero attached hydrogens (tertiary/aromatic N) is 3. The summed E-state index contributed by atoms with van der Waals surface area (Å²) in [7, 11) is 0. The van der Waals surface area contributed by atoms with Gasteiger partial charge in [0.25, 0.3) is 0 Å². The van der Waals surface area contributed by atoms with Crippen molar-refractivity contribution < 1.29 is 4.79 Å². The van der Waals surface area contributed by atoms with E-state index in [9.17, 15) is 4.79 Å². The number of pyridine rings is 1. The van der Waals surface area contributed by atoms with Crippen LogP contribution in [0, 0.1) is 11.8 Å². The predicted octanol–water partition coefficient (Wildman–Crippen LogP) is 6.17. The summed E-state index contributed by atoms with van der Waals surface area (Å²) in [5.41, 5.74) is 2.95. The van der Waals surface area contributed by atoms with Crippen LogP contribution >= 0.6 is 22.9 Å². The molecule has 1 aromatic carbocycles. The van der Waals surface area contributed by atoms with Gasteiger partial charge in [-0.2, -0.15) is 0 Å². The van der Waals surface area contributed by atoms with Gasteiger partial charge in [-0.05, 0) is 49.8 Å². The number of halogens is 1. The van der Waals surface area contributed by atoms with Gasteiger partial charge >= 0.3 is 0 Å². The lowest BCUT2D eigenvalue weighted by molar-refractivity contribution is 0.0941. The van der Waals surface area contributed by atoms with Crippen molar-refractivity contribution >= 4 is 39.6 Å². The number of Topliss-reactive ketones (excluding diaryl/α,β-unsaturated/α-hetero) is 1. The molecule has 0 radical (unpaired) electrons. The van der Waals surface area contributed by atoms with Crippen LogP contribution in [0.5, 0.6) is 0 Å². The molecule has 0 atom stereocenters. The highest BCUT2D eigenvalue weighted by atomic mass is 35.5. The van der Waals surface area contributed by atoms with Crippen LogP contribution in [-0.4, -0.2) is 33.7 Å². The Kier molecular flexibility index (Phi) is 6.35. The molecule has 2 aliphatic rings. The highest BCUT2D eigenvalue weighted by Gasteiger charge is 2.26. The SMILES string of the molecule is O=C(CC1CCC(CCN2CCc3nc(Cl)sc3C2)CC1)c1cccc2ncccc12. The Hall–Kier alpha value is -1.82. The molecular formula is C25H28ClN3OS. The minimum absolute atomic E-state index is 0.273. The molecule has 31 heavy (non-hydrogen) atoms. The first-order valence-electron chi connectivity index (χ1n) is 11.4. The number of aromatic nitrogens is 2. The van der Waals surface area contributed by atoms with Gasteiger partial charge < -0.3 is 0 Å². The van der Waals surface area contributed by atoms with Gasteiger partial charge in [-0.25, -0.2) is 4.98 Å². The van der Waals surface area contributed by atoms with Crippen molar-refractivity contribution in [3.8, 4) is 0 Å². The zero-order chi connectivity index (χ0) is 21.2. The highest BCUT2D eigenvalue weighted by molar-refractivity contribution is 7.15. The van der Waals surface area contributed by atoms with Crippen LogP contribution in [0.4, 0.5) is 0 Å². The molecule has 1 fully saturated rings. The molecule has 0 spiro atoms. The van der Waals surface area contributed by atoms with E-state index in [2.05, 4.69) is 14.9 Å². The Bertz CT molecular complexity index is 1070. The fourth-order valence-corrected chi connectivity index (χ4v) is 6.47. The number of thiazole rings is 1. The van der Waals surface area contributed by atoms with E-state index in [1.54, 1.807) is 17.5 Å². The largest absolute Gasteiger partial charge is 0.298 e. The third kappa shape index (κ3) is 4.84. The third-order valence-electron chi connectivity index (χ3n) is 7.02. The third-order valence-corrected chi connectivity index (χ3v) is 8.21. The fraction of sp³-hybridized carbons (Fsp3) is 0.480. The van der Waals surface area contributed by atoms with Gasteiger partial charge in [0.05, 0.1) is 11.2 Å². The average Bonchev–Trinajstić information content (AvgIpc) is 3.17. The van der Waals surface area contributed by atoms with Gasteiger partial charge in [-0.3, -0.25) is 14.7 Å². The van der Waals surface area contributed by atoms with Gasteiger partial charge in [0.1, 0.15) is 0 Å². The van der Waals surface area contributed by atoms with E-state index in [4.69, 9.17) is 11.6 Å². The number of carbonyl (C=O) groups is 1. The van der Waals surface area contributed by atoms with E-state index in [0.717, 1.165) is 48.4 Å². The van der Waals surface area contributed by atoms with Crippen LogP contribution in [0.25, 0.3) is 10.9 Å². The van der Waals surface area contributed by atoms with Gasteiger partial charge in [-0.1, -0.05) is 42.6 Å². The number of hydrogen-bond acceptors (Lipinski definition) is 5. The number of ketones is 1. The minimum Gasteiger partial charge on any atom is -0.298 e. The number of benzene rings is 1. The molecule has 2 aromatic heterocycles. The van der Waals surface area contributed by atoms with Crippen LogP contribution in [-0.2, 0) is 13.0 Å². The average molecular weight is 454 g/mol. The summed E-state index contributed by atoms with van der Waals surface area (Å²) < 4.78 is 0.680. The van der Waals surface area contributed by atoms with Crippen LogP contribution < -0.4 is 0 Å². The first kappa shape index (κ1) is 21.0. The van der Waals surface area contributed by atoms with Crippen molar-refractivity contribution in [2.75, 3.05) is 13.1 Å². The van der Waals surface area contributed by atoms with Gasteiger partial charge in [0.2, 0.25) is 0 Å². The summed E-state index contributed by atoms with van der Waals surface area (Å²) in [6.07, 6.45) is 9.59. The lowest BCUT2D eigenvalue weighted by Crippen LogP contribution is -2.32. The van der Waals surface area contributed by atoms with Crippen molar-refractivity contribution in [3.05, 3.63) is 57.1 Å². The second-order valence-corrected chi connectivity index (χ2v) is 10.7. The van der Waals surface area contributed by atoms with Crippen LogP contribution in [0.2, 0.25) is 4.47 Å². The van der Waals surface area contributed by atoms with Crippen LogP contribution in [0.1, 0.15) is 59.5 Å². The standard InChI is InChI=1S/C25H28ClN3OS/c26-25-28-22-11-14-29(16-24(22)31-25)13-10-17-6-8-18(9-7-17)15-23(30)20-3-1-5-21-19(20)4-2-12-27-21/h1-5,12,17-18H,6-11,13-16H2. The summed E-state index contributed by atoms with van der Waals surface area (Å²) in [4.78, 5) is 25.7. The molecule has 162 valence electrons. The molecule has 0 unspecified atom stereocenters. The Morgan fingerprint density at radius 3 is 2.84 bits per heavy atom. The van der Waals surface area contributed by atoms with Crippen molar-refractivity contribution in [3.63, 3.8) is 0 Å². The molecule has 1 aliphatic carbocycles. The topological polar surface area (TPSA) is 46.1 Å². The fourth-order valence-electron chi connectivity index (χ4n) is 5.22. The molecule has 0 N–H and O–H groups in total. The Labute approximate surface area is 192 Å². The molecule has 6 heteroatoms. The number of hydrogen-bond donors (Lipinski definition) is 0. The summed E-state index contributed by atoms with van der Waals surface area (Å²) in [5.74, 6) is 1.58. The lowest BCUT2D eigenvalue weighted by Gasteiger charge is -2.31. The molecule has 4 nitrogen and oxygen atoms in total. The molecule has 5 rings (SSSR count). The summed E-state index contributed by atoms with van der Waals surface area (Å²) >= 11 is 7.71. The molecule has 3 aromatic rings. The molecule has 0 amide bonds. The first-order valence-corrected chi connectivity index (χ1v) is 12.6. The maximum atomic E-state index is 13.0. The second-order valence-electron chi connectivity index (χ2n) is 9.04.